The molecule has 0 aromatic carbocycles. The van der Waals surface area contributed by atoms with Crippen molar-refractivity contribution < 1.29 is 34.4 Å². The van der Waals surface area contributed by atoms with Gasteiger partial charge in [0.25, 0.3) is 0 Å². The standard InChI is InChI=1S/C24H38O7/c1-5-12(2)24(29)31-20-8-13(3)23(28)18-11-19(26)14(4)17(22(18)20)7-6-16-9-15(25)10-21(27)30-16/h11-17,19-20,22-23,25-26,28H,5-10H2,1-4H3/t12-,13+,14+,15+,16+,17-,19+,20-,22+,23-/m0/s1. The maximum atomic E-state index is 12.6. The van der Waals surface area contributed by atoms with Gasteiger partial charge >= 0.3 is 11.9 Å². The molecule has 0 aromatic rings. The van der Waals surface area contributed by atoms with E-state index in [1.54, 1.807) is 6.08 Å². The van der Waals surface area contributed by atoms with Gasteiger partial charge < -0.3 is 24.8 Å². The van der Waals surface area contributed by atoms with Crippen LogP contribution in [0.2, 0.25) is 0 Å². The van der Waals surface area contributed by atoms with E-state index in [4.69, 9.17) is 9.47 Å². The molecule has 1 saturated heterocycles. The van der Waals surface area contributed by atoms with Gasteiger partial charge in [-0.25, -0.2) is 0 Å². The van der Waals surface area contributed by atoms with Gasteiger partial charge in [0.15, 0.2) is 0 Å². The number of carbonyl (C=O) groups is 2. The molecule has 0 amide bonds. The number of fused-ring (bicyclic) bond motifs is 1. The van der Waals surface area contributed by atoms with Gasteiger partial charge in [0.05, 0.1) is 30.7 Å². The van der Waals surface area contributed by atoms with Crippen LogP contribution in [0.5, 0.6) is 0 Å². The van der Waals surface area contributed by atoms with E-state index in [2.05, 4.69) is 0 Å². The molecule has 3 rings (SSSR count). The molecule has 10 atom stereocenters. The molecule has 0 aromatic heterocycles. The van der Waals surface area contributed by atoms with Crippen LogP contribution in [0.4, 0.5) is 0 Å². The fourth-order valence-electron chi connectivity index (χ4n) is 5.46. The zero-order valence-corrected chi connectivity index (χ0v) is 19.1. The SMILES string of the molecule is CC[C@H](C)C(=O)O[C@H]1C[C@@H](C)[C@H](O)C2=C[C@@H](O)[C@H](C)[C@H](CC[C@@H]3C[C@@H](O)CC(=O)O3)[C@H]21. The number of hydrogen-bond acceptors (Lipinski definition) is 7. The van der Waals surface area contributed by atoms with Crippen LogP contribution >= 0.6 is 0 Å². The highest BCUT2D eigenvalue weighted by atomic mass is 16.6. The van der Waals surface area contributed by atoms with Crippen molar-refractivity contribution in [1.82, 2.24) is 0 Å². The molecule has 7 nitrogen and oxygen atoms in total. The maximum absolute atomic E-state index is 12.6. The molecule has 1 aliphatic heterocycles. The van der Waals surface area contributed by atoms with Crippen molar-refractivity contribution in [3.63, 3.8) is 0 Å². The summed E-state index contributed by atoms with van der Waals surface area (Å²) in [4.78, 5) is 24.3. The molecule has 1 heterocycles. The van der Waals surface area contributed by atoms with Gasteiger partial charge in [-0.15, -0.1) is 0 Å². The van der Waals surface area contributed by atoms with E-state index in [1.807, 2.05) is 27.7 Å². The first kappa shape index (κ1) is 24.2. The lowest BCUT2D eigenvalue weighted by Gasteiger charge is -2.49. The Morgan fingerprint density at radius 3 is 2.58 bits per heavy atom. The van der Waals surface area contributed by atoms with E-state index in [0.717, 1.165) is 5.57 Å². The lowest BCUT2D eigenvalue weighted by atomic mass is 9.61. The molecule has 0 spiro atoms. The van der Waals surface area contributed by atoms with Crippen LogP contribution < -0.4 is 0 Å². The Hall–Kier alpha value is -1.44. The third kappa shape index (κ3) is 5.32. The Bertz CT molecular complexity index is 689. The minimum atomic E-state index is -0.693. The van der Waals surface area contributed by atoms with Crippen LogP contribution in [0.15, 0.2) is 11.6 Å². The molecule has 7 heteroatoms. The van der Waals surface area contributed by atoms with Gasteiger partial charge in [-0.2, -0.15) is 0 Å². The van der Waals surface area contributed by atoms with E-state index in [1.165, 1.54) is 0 Å². The highest BCUT2D eigenvalue weighted by molar-refractivity contribution is 5.72. The van der Waals surface area contributed by atoms with E-state index in [0.29, 0.717) is 32.1 Å². The first-order valence-electron chi connectivity index (χ1n) is 11.8. The number of cyclic esters (lactones) is 1. The third-order valence-corrected chi connectivity index (χ3v) is 7.65. The van der Waals surface area contributed by atoms with Crippen molar-refractivity contribution in [1.29, 1.82) is 0 Å². The maximum Gasteiger partial charge on any atom is 0.308 e. The van der Waals surface area contributed by atoms with Gasteiger partial charge in [0.2, 0.25) is 0 Å². The van der Waals surface area contributed by atoms with E-state index in [-0.39, 0.29) is 60.2 Å². The molecule has 31 heavy (non-hydrogen) atoms. The average Bonchev–Trinajstić information content (AvgIpc) is 2.71. The topological polar surface area (TPSA) is 113 Å². The molecule has 176 valence electrons. The number of esters is 2. The minimum Gasteiger partial charge on any atom is -0.462 e. The van der Waals surface area contributed by atoms with Crippen molar-refractivity contribution in [3.8, 4) is 0 Å². The van der Waals surface area contributed by atoms with Crippen molar-refractivity contribution in [2.45, 2.75) is 96.7 Å². The highest BCUT2D eigenvalue weighted by Crippen LogP contribution is 2.48. The Morgan fingerprint density at radius 1 is 1.23 bits per heavy atom. The quantitative estimate of drug-likeness (QED) is 0.431. The Balaban J connectivity index is 1.81. The summed E-state index contributed by atoms with van der Waals surface area (Å²) in [6.07, 6.45) is 1.90. The highest BCUT2D eigenvalue weighted by Gasteiger charge is 2.49. The Labute approximate surface area is 184 Å². The van der Waals surface area contributed by atoms with E-state index in [9.17, 15) is 24.9 Å². The van der Waals surface area contributed by atoms with Gasteiger partial charge in [-0.1, -0.05) is 33.8 Å². The number of rotatable bonds is 6. The molecule has 0 unspecified atom stereocenters. The molecule has 3 aliphatic rings. The zero-order valence-electron chi connectivity index (χ0n) is 19.1. The second-order valence-corrected chi connectivity index (χ2v) is 9.93. The van der Waals surface area contributed by atoms with E-state index < -0.39 is 18.3 Å². The summed E-state index contributed by atoms with van der Waals surface area (Å²) in [5, 5.41) is 31.5. The lowest BCUT2D eigenvalue weighted by molar-refractivity contribution is -0.165. The van der Waals surface area contributed by atoms with Crippen molar-refractivity contribution >= 4 is 11.9 Å². The number of ether oxygens (including phenoxy) is 2. The number of aliphatic hydroxyl groups is 3. The fourth-order valence-corrected chi connectivity index (χ4v) is 5.46. The van der Waals surface area contributed by atoms with Crippen LogP contribution in [0, 0.1) is 29.6 Å². The normalized spacial score (nSPS) is 41.6. The monoisotopic (exact) mass is 438 g/mol. The van der Waals surface area contributed by atoms with Crippen molar-refractivity contribution in [2.75, 3.05) is 0 Å². The Morgan fingerprint density at radius 2 is 1.94 bits per heavy atom. The summed E-state index contributed by atoms with van der Waals surface area (Å²) in [6, 6.07) is 0. The minimum absolute atomic E-state index is 0.0300. The largest absolute Gasteiger partial charge is 0.462 e. The average molecular weight is 439 g/mol. The molecule has 2 fully saturated rings. The summed E-state index contributed by atoms with van der Waals surface area (Å²) in [7, 11) is 0. The summed E-state index contributed by atoms with van der Waals surface area (Å²) in [5.74, 6) is -1.19. The van der Waals surface area contributed by atoms with Gasteiger partial charge in [0, 0.05) is 12.3 Å². The van der Waals surface area contributed by atoms with Crippen LogP contribution in [0.3, 0.4) is 0 Å². The van der Waals surface area contributed by atoms with Gasteiger partial charge in [-0.3, -0.25) is 9.59 Å². The molecule has 2 aliphatic carbocycles. The second kappa shape index (κ2) is 10.0. The van der Waals surface area contributed by atoms with E-state index >= 15 is 0 Å². The molecular formula is C24H38O7. The van der Waals surface area contributed by atoms with Crippen LogP contribution in [0.1, 0.15) is 66.2 Å². The lowest BCUT2D eigenvalue weighted by Crippen LogP contribution is -2.51. The summed E-state index contributed by atoms with van der Waals surface area (Å²) >= 11 is 0. The number of hydrogen-bond donors (Lipinski definition) is 3. The smallest absolute Gasteiger partial charge is 0.308 e. The second-order valence-electron chi connectivity index (χ2n) is 9.93. The van der Waals surface area contributed by atoms with Crippen LogP contribution in [0.25, 0.3) is 0 Å². The van der Waals surface area contributed by atoms with Gasteiger partial charge in [0.1, 0.15) is 12.2 Å². The predicted molar refractivity (Wildman–Crippen MR) is 114 cm³/mol. The molecule has 1 saturated carbocycles. The summed E-state index contributed by atoms with van der Waals surface area (Å²) in [5.41, 5.74) is 0.761. The molecule has 0 bridgehead atoms. The Kier molecular flexibility index (Phi) is 7.81. The molecule has 0 radical (unpaired) electrons. The van der Waals surface area contributed by atoms with Crippen LogP contribution in [-0.2, 0) is 19.1 Å². The zero-order chi connectivity index (χ0) is 22.9. The molecule has 3 N–H and O–H groups in total. The first-order chi connectivity index (χ1) is 14.6. The van der Waals surface area contributed by atoms with Gasteiger partial charge in [-0.05, 0) is 49.0 Å². The summed E-state index contributed by atoms with van der Waals surface area (Å²) in [6.45, 7) is 7.72. The summed E-state index contributed by atoms with van der Waals surface area (Å²) < 4.78 is 11.4. The van der Waals surface area contributed by atoms with Crippen LogP contribution in [-0.4, -0.2) is 57.8 Å². The molecular weight excluding hydrogens is 400 g/mol. The van der Waals surface area contributed by atoms with Crippen molar-refractivity contribution in [2.24, 2.45) is 29.6 Å². The third-order valence-electron chi connectivity index (χ3n) is 7.65. The predicted octanol–water partition coefficient (Wildman–Crippen LogP) is 2.36. The fraction of sp³-hybridized carbons (Fsp3) is 0.833. The first-order valence-corrected chi connectivity index (χ1v) is 11.8. The number of carbonyl (C=O) groups excluding carboxylic acids is 2. The number of aliphatic hydroxyl groups excluding tert-OH is 3. The van der Waals surface area contributed by atoms with Crippen molar-refractivity contribution in [3.05, 3.63) is 11.6 Å².